The van der Waals surface area contributed by atoms with Crippen molar-refractivity contribution < 1.29 is 128 Å². The maximum Gasteiger partial charge on any atom is 0.198 e. The van der Waals surface area contributed by atoms with Crippen molar-refractivity contribution in [3.8, 4) is 0 Å². The Kier molecular flexibility index (Phi) is 15.9. The Morgan fingerprint density at radius 1 is 0.190 bits per heavy atom. The Morgan fingerprint density at radius 3 is 0.456 bits per heavy atom. The van der Waals surface area contributed by atoms with Crippen LogP contribution in [0.5, 0.6) is 0 Å². The first kappa shape index (κ1) is 59.5. The first-order valence-electron chi connectivity index (χ1n) is 22.1. The summed E-state index contributed by atoms with van der Waals surface area (Å²) >= 11 is 0. The summed E-state index contributed by atoms with van der Waals surface area (Å²) in [5.41, 5.74) is -15.9. The number of quaternary nitrogens is 1. The van der Waals surface area contributed by atoms with Gasteiger partial charge in [0, 0.05) is 0 Å². The van der Waals surface area contributed by atoms with E-state index in [-0.39, 0.29) is 0 Å². The highest BCUT2D eigenvalue weighted by molar-refractivity contribution is 7.20. The van der Waals surface area contributed by atoms with Crippen LogP contribution in [-0.4, -0.2) is 25.8 Å². The zero-order valence-corrected chi connectivity index (χ0v) is 38.9. The second kappa shape index (κ2) is 21.2. The maximum absolute atomic E-state index is 17.4. The Morgan fingerprint density at radius 2 is 0.316 bits per heavy atom. The zero-order valence-electron chi connectivity index (χ0n) is 38.9. The molecular formula is C49H22BF28N. The van der Waals surface area contributed by atoms with Gasteiger partial charge in [-0.3, -0.25) is 0 Å². The highest BCUT2D eigenvalue weighted by Crippen LogP contribution is 2.41. The second-order valence-electron chi connectivity index (χ2n) is 17.3. The quantitative estimate of drug-likeness (QED) is 0.0602. The Bertz CT molecular complexity index is 3450. The van der Waals surface area contributed by atoms with Gasteiger partial charge in [0.25, 0.3) is 0 Å². The fourth-order valence-corrected chi connectivity index (χ4v) is 9.83. The van der Waals surface area contributed by atoms with E-state index in [9.17, 15) is 35.1 Å². The van der Waals surface area contributed by atoms with Crippen molar-refractivity contribution in [2.45, 2.75) is 40.0 Å². The molecule has 0 aliphatic heterocycles. The van der Waals surface area contributed by atoms with Crippen LogP contribution in [-0.2, 0) is 0 Å². The summed E-state index contributed by atoms with van der Waals surface area (Å²) in [4.78, 5) is 1.78. The van der Waals surface area contributed by atoms with Crippen LogP contribution in [0.2, 0.25) is 0 Å². The average Bonchev–Trinajstić information content (AvgIpc) is 2.40. The number of hydrogen-bond acceptors (Lipinski definition) is 0. The molecule has 8 rings (SSSR count). The molecule has 0 unspecified atom stereocenters. The van der Waals surface area contributed by atoms with Crippen molar-refractivity contribution >= 4 is 71.1 Å². The number of nitrogens with one attached hydrogen (secondary N) is 1. The van der Waals surface area contributed by atoms with Crippen molar-refractivity contribution in [3.05, 3.63) is 163 Å². The van der Waals surface area contributed by atoms with Gasteiger partial charge in [0.05, 0.1) is 62.7 Å². The number of halogens is 28. The molecule has 0 amide bonds. The third kappa shape index (κ3) is 8.25. The molecule has 0 fully saturated rings. The summed E-state index contributed by atoms with van der Waals surface area (Å²) in [6.07, 6.45) is -4.00. The molecule has 0 aromatic heterocycles. The summed E-state index contributed by atoms with van der Waals surface area (Å²) in [7, 11) is 0. The van der Waals surface area contributed by atoms with Crippen LogP contribution >= 0.6 is 0 Å². The fraction of sp³-hybridized carbons (Fsp3) is 0.184. The van der Waals surface area contributed by atoms with Crippen LogP contribution in [0.4, 0.5) is 123 Å². The predicted octanol–water partition coefficient (Wildman–Crippen LogP) is 12.7. The smallest absolute Gasteiger partial charge is 0.198 e. The van der Waals surface area contributed by atoms with E-state index in [1.54, 1.807) is 4.90 Å². The fourth-order valence-electron chi connectivity index (χ4n) is 9.83. The highest BCUT2D eigenvalue weighted by atomic mass is 19.2. The summed E-state index contributed by atoms with van der Waals surface area (Å²) in [5, 5.41) is -25.0. The molecule has 422 valence electrons. The number of fused-ring (bicyclic) bond motifs is 4. The largest absolute Gasteiger partial charge is 0.335 e. The number of hydrogen-bond donors (Lipinski definition) is 1. The van der Waals surface area contributed by atoms with Gasteiger partial charge in [0.2, 0.25) is 0 Å². The van der Waals surface area contributed by atoms with E-state index >= 15 is 87.8 Å². The molecule has 0 radical (unpaired) electrons. The molecule has 1 nitrogen and oxygen atoms in total. The molecule has 79 heavy (non-hydrogen) atoms. The summed E-state index contributed by atoms with van der Waals surface area (Å²) in [6, 6.07) is 0. The standard InChI is InChI=1S/C40BF28.C9H21N/c42-13-1-5(25(54)37(66)33(62)21(1)50)17(46)29(58)9(13)41(10-14(43)2-6(18(47)30(10)59)26(55)38(67)34(63)22(2)51,11-15(44)3-7(19(48)31(11)60)27(56)39(68)35(64)23(3)52)12-16(45)4-8(20(49)32(12)61)28(57)40(69)36(65)24(4)53;1-4-7-10(8-5-2)9-6-3/h;4-9H2,1-3H3/q-1;/p+1. The van der Waals surface area contributed by atoms with Gasteiger partial charge >= 0.3 is 0 Å². The third-order valence-electron chi connectivity index (χ3n) is 13.0. The van der Waals surface area contributed by atoms with Crippen LogP contribution in [0.3, 0.4) is 0 Å². The van der Waals surface area contributed by atoms with Gasteiger partial charge in [-0.15, -0.1) is 21.9 Å². The van der Waals surface area contributed by atoms with E-state index < -0.39 is 234 Å². The molecule has 0 saturated heterocycles. The van der Waals surface area contributed by atoms with Crippen LogP contribution in [0.25, 0.3) is 43.1 Å². The molecule has 0 bridgehead atoms. The predicted molar refractivity (Wildman–Crippen MR) is 225 cm³/mol. The average molecular weight is 1170 g/mol. The van der Waals surface area contributed by atoms with Gasteiger partial charge in [-0.05, 0) is 19.3 Å². The van der Waals surface area contributed by atoms with Gasteiger partial charge < -0.3 is 4.90 Å². The van der Waals surface area contributed by atoms with Gasteiger partial charge in [0.15, 0.2) is 116 Å². The van der Waals surface area contributed by atoms with E-state index in [2.05, 4.69) is 20.8 Å². The minimum absolute atomic E-state index is 1.33. The van der Waals surface area contributed by atoms with Gasteiger partial charge in [-0.25, -0.2) is 123 Å². The van der Waals surface area contributed by atoms with Crippen LogP contribution in [0.1, 0.15) is 40.0 Å². The normalized spacial score (nSPS) is 12.2. The van der Waals surface area contributed by atoms with Gasteiger partial charge in [-0.1, -0.05) is 20.8 Å². The summed E-state index contributed by atoms with van der Waals surface area (Å²) < 4.78 is 442. The molecule has 0 atom stereocenters. The molecule has 0 heterocycles. The van der Waals surface area contributed by atoms with Crippen molar-refractivity contribution in [2.75, 3.05) is 19.6 Å². The van der Waals surface area contributed by atoms with E-state index in [1.165, 1.54) is 38.9 Å². The van der Waals surface area contributed by atoms with E-state index in [0.717, 1.165) is 0 Å². The van der Waals surface area contributed by atoms with Gasteiger partial charge in [0.1, 0.15) is 52.7 Å². The second-order valence-corrected chi connectivity index (χ2v) is 17.3. The lowest BCUT2D eigenvalue weighted by Gasteiger charge is -2.45. The molecule has 0 spiro atoms. The SMILES string of the molecule is CCC[NH+](CCC)CCC.Fc1c(F)c(F)c2c(F)c([B-](c3c(F)c(F)c4c(F)c(F)c(F)c(F)c4c3F)(c3c(F)c(F)c4c(F)c(F)c(F)c(F)c4c3F)c3c(F)c(F)c4c(F)c(F)c(F)c(F)c4c3F)c(F)c(F)c2c1F. The molecule has 8 aromatic rings. The first-order valence-corrected chi connectivity index (χ1v) is 22.1. The minimum atomic E-state index is -7.99. The summed E-state index contributed by atoms with van der Waals surface area (Å²) in [6.45, 7) is 10.9. The lowest BCUT2D eigenvalue weighted by atomic mass is 9.12. The van der Waals surface area contributed by atoms with Gasteiger partial charge in [-0.2, -0.15) is 0 Å². The van der Waals surface area contributed by atoms with Crippen LogP contribution in [0.15, 0.2) is 0 Å². The van der Waals surface area contributed by atoms with E-state index in [4.69, 9.17) is 0 Å². The Hall–Kier alpha value is -7.14. The Labute approximate surface area is 421 Å². The van der Waals surface area contributed by atoms with Crippen molar-refractivity contribution in [2.24, 2.45) is 0 Å². The topological polar surface area (TPSA) is 4.44 Å². The molecule has 0 saturated carbocycles. The van der Waals surface area contributed by atoms with Crippen molar-refractivity contribution in [1.82, 2.24) is 0 Å². The van der Waals surface area contributed by atoms with E-state index in [1.807, 2.05) is 0 Å². The van der Waals surface area contributed by atoms with Crippen LogP contribution in [0, 0.1) is 163 Å². The zero-order chi connectivity index (χ0) is 59.4. The monoisotopic (exact) mass is 1170 g/mol. The summed E-state index contributed by atoms with van der Waals surface area (Å²) in [5.74, 6) is -102. The third-order valence-corrected chi connectivity index (χ3v) is 13.0. The molecular weight excluding hydrogens is 1150 g/mol. The van der Waals surface area contributed by atoms with E-state index in [0.29, 0.717) is 0 Å². The van der Waals surface area contributed by atoms with Crippen LogP contribution < -0.4 is 26.8 Å². The first-order chi connectivity index (χ1) is 36.8. The lowest BCUT2D eigenvalue weighted by molar-refractivity contribution is -0.900. The molecule has 0 aliphatic rings. The van der Waals surface area contributed by atoms with Crippen molar-refractivity contribution in [1.29, 1.82) is 0 Å². The lowest BCUT2D eigenvalue weighted by Crippen LogP contribution is -3.11. The maximum atomic E-state index is 17.4. The highest BCUT2D eigenvalue weighted by Gasteiger charge is 2.52. The Balaban J connectivity index is 0.000000821. The molecule has 0 aliphatic carbocycles. The minimum Gasteiger partial charge on any atom is -0.335 e. The molecule has 1 N–H and O–H groups in total. The van der Waals surface area contributed by atoms with Crippen molar-refractivity contribution in [3.63, 3.8) is 0 Å². The number of benzene rings is 8. The molecule has 8 aromatic carbocycles. The molecule has 30 heteroatoms. The number of rotatable bonds is 10.